The number of aryl methyl sites for hydroxylation is 1. The molecule has 0 aliphatic rings. The number of hydrogen-bond donors (Lipinski definition) is 0. The van der Waals surface area contributed by atoms with Crippen molar-refractivity contribution in [1.82, 2.24) is 8.97 Å². The smallest absolute Gasteiger partial charge is 0.0620 e. The summed E-state index contributed by atoms with van der Waals surface area (Å²) in [6, 6.07) is 37.8. The van der Waals surface area contributed by atoms with Crippen LogP contribution in [0, 0.1) is 0 Å². The predicted molar refractivity (Wildman–Crippen MR) is 141 cm³/mol. The maximum Gasteiger partial charge on any atom is 0.0620 e. The monoisotopic (exact) mass is 420 g/mol. The molecule has 0 atom stereocenters. The third-order valence-corrected chi connectivity index (χ3v) is 7.44. The van der Waals surface area contributed by atoms with Crippen molar-refractivity contribution < 1.29 is 0 Å². The Labute approximate surface area is 190 Å². The van der Waals surface area contributed by atoms with Gasteiger partial charge in [0.05, 0.1) is 16.6 Å². The molecule has 0 aliphatic carbocycles. The number of para-hydroxylation sites is 2. The molecule has 3 heterocycles. The van der Waals surface area contributed by atoms with Gasteiger partial charge in [0.2, 0.25) is 0 Å². The summed E-state index contributed by atoms with van der Waals surface area (Å²) in [7, 11) is 2.18. The Morgan fingerprint density at radius 2 is 1.00 bits per heavy atom. The Hall–Kier alpha value is -4.30. The molecular weight excluding hydrogens is 400 g/mol. The van der Waals surface area contributed by atoms with Crippen molar-refractivity contribution in [2.45, 2.75) is 0 Å². The number of nitrogens with zero attached hydrogens (tertiary/aromatic N) is 2. The second kappa shape index (κ2) is 5.93. The molecule has 0 saturated carbocycles. The Bertz CT molecular complexity index is 2020. The maximum absolute atomic E-state index is 2.48. The molecule has 0 aliphatic heterocycles. The van der Waals surface area contributed by atoms with Crippen molar-refractivity contribution in [2.24, 2.45) is 7.05 Å². The zero-order valence-corrected chi connectivity index (χ0v) is 18.2. The fourth-order valence-corrected chi connectivity index (χ4v) is 5.94. The van der Waals surface area contributed by atoms with Crippen LogP contribution >= 0.6 is 0 Å². The van der Waals surface area contributed by atoms with Gasteiger partial charge >= 0.3 is 0 Å². The molecule has 0 unspecified atom stereocenters. The third kappa shape index (κ3) is 2.08. The highest BCUT2D eigenvalue weighted by Gasteiger charge is 2.20. The van der Waals surface area contributed by atoms with Crippen LogP contribution in [0.1, 0.15) is 0 Å². The fraction of sp³-hybridized carbons (Fsp3) is 0.0323. The molecule has 8 rings (SSSR count). The van der Waals surface area contributed by atoms with Crippen LogP contribution in [0.4, 0.5) is 0 Å². The van der Waals surface area contributed by atoms with Crippen LogP contribution in [0.2, 0.25) is 0 Å². The molecule has 154 valence electrons. The Kier molecular flexibility index (Phi) is 3.11. The van der Waals surface area contributed by atoms with Crippen LogP contribution in [-0.2, 0) is 7.05 Å². The van der Waals surface area contributed by atoms with Gasteiger partial charge in [0.25, 0.3) is 0 Å². The van der Waals surface area contributed by atoms with E-state index in [1.54, 1.807) is 0 Å². The molecule has 3 aromatic heterocycles. The van der Waals surface area contributed by atoms with E-state index in [0.717, 1.165) is 0 Å². The van der Waals surface area contributed by atoms with E-state index >= 15 is 0 Å². The lowest BCUT2D eigenvalue weighted by Crippen LogP contribution is -1.86. The SMILES string of the molecule is Cn1c2ccccc2c2cc3c(cc21)c1cc(-c2ccccc2)cc2c4ccccc4n3c21. The molecule has 0 spiro atoms. The van der Waals surface area contributed by atoms with Crippen LogP contribution in [0.15, 0.2) is 103 Å². The number of rotatable bonds is 1. The summed E-state index contributed by atoms with van der Waals surface area (Å²) in [5, 5.41) is 7.91. The first-order chi connectivity index (χ1) is 16.3. The van der Waals surface area contributed by atoms with Crippen LogP contribution in [0.3, 0.4) is 0 Å². The summed E-state index contributed by atoms with van der Waals surface area (Å²) in [5.41, 5.74) is 8.96. The summed E-state index contributed by atoms with van der Waals surface area (Å²) in [6.07, 6.45) is 0. The van der Waals surface area contributed by atoms with Crippen molar-refractivity contribution in [1.29, 1.82) is 0 Å². The first-order valence-electron chi connectivity index (χ1n) is 11.4. The van der Waals surface area contributed by atoms with E-state index in [2.05, 4.69) is 119 Å². The van der Waals surface area contributed by atoms with Gasteiger partial charge < -0.3 is 8.97 Å². The zero-order chi connectivity index (χ0) is 21.7. The van der Waals surface area contributed by atoms with E-state index in [0.29, 0.717) is 0 Å². The molecule has 2 heteroatoms. The second-order valence-corrected chi connectivity index (χ2v) is 9.10. The number of benzene rings is 5. The highest BCUT2D eigenvalue weighted by molar-refractivity contribution is 6.26. The summed E-state index contributed by atoms with van der Waals surface area (Å²) in [4.78, 5) is 0. The molecular formula is C31H20N2. The van der Waals surface area contributed by atoms with Crippen LogP contribution in [-0.4, -0.2) is 8.97 Å². The van der Waals surface area contributed by atoms with Gasteiger partial charge in [-0.05, 0) is 47.5 Å². The highest BCUT2D eigenvalue weighted by atomic mass is 14.9. The molecule has 0 saturated heterocycles. The van der Waals surface area contributed by atoms with E-state index < -0.39 is 0 Å². The molecule has 8 aromatic rings. The maximum atomic E-state index is 2.48. The Balaban J connectivity index is 1.65. The first-order valence-corrected chi connectivity index (χ1v) is 11.4. The topological polar surface area (TPSA) is 9.34 Å². The van der Waals surface area contributed by atoms with Gasteiger partial charge in [-0.15, -0.1) is 0 Å². The van der Waals surface area contributed by atoms with E-state index in [1.165, 1.54) is 71.0 Å². The van der Waals surface area contributed by atoms with Gasteiger partial charge in [0, 0.05) is 50.4 Å². The van der Waals surface area contributed by atoms with E-state index in [-0.39, 0.29) is 0 Å². The minimum atomic E-state index is 1.26. The Morgan fingerprint density at radius 1 is 0.424 bits per heavy atom. The largest absolute Gasteiger partial charge is 0.344 e. The Morgan fingerprint density at radius 3 is 1.79 bits per heavy atom. The average Bonchev–Trinajstić information content (AvgIpc) is 3.48. The van der Waals surface area contributed by atoms with Crippen LogP contribution < -0.4 is 0 Å². The van der Waals surface area contributed by atoms with Crippen molar-refractivity contribution >= 4 is 59.9 Å². The highest BCUT2D eigenvalue weighted by Crippen LogP contribution is 2.43. The van der Waals surface area contributed by atoms with Crippen molar-refractivity contribution in [3.63, 3.8) is 0 Å². The summed E-state index contributed by atoms with van der Waals surface area (Å²) >= 11 is 0. The summed E-state index contributed by atoms with van der Waals surface area (Å²) in [5.74, 6) is 0. The number of hydrogen-bond acceptors (Lipinski definition) is 0. The van der Waals surface area contributed by atoms with Gasteiger partial charge in [-0.25, -0.2) is 0 Å². The van der Waals surface area contributed by atoms with Crippen molar-refractivity contribution in [2.75, 3.05) is 0 Å². The molecule has 0 bridgehead atoms. The van der Waals surface area contributed by atoms with Crippen molar-refractivity contribution in [3.8, 4) is 11.1 Å². The van der Waals surface area contributed by atoms with Gasteiger partial charge in [0.1, 0.15) is 0 Å². The van der Waals surface area contributed by atoms with E-state index in [9.17, 15) is 0 Å². The zero-order valence-electron chi connectivity index (χ0n) is 18.2. The lowest BCUT2D eigenvalue weighted by molar-refractivity contribution is 1.02. The second-order valence-electron chi connectivity index (χ2n) is 9.10. The molecule has 0 fully saturated rings. The van der Waals surface area contributed by atoms with Gasteiger partial charge in [-0.3, -0.25) is 0 Å². The average molecular weight is 421 g/mol. The summed E-state index contributed by atoms with van der Waals surface area (Å²) < 4.78 is 4.81. The lowest BCUT2D eigenvalue weighted by Gasteiger charge is -2.04. The molecule has 5 aromatic carbocycles. The fourth-order valence-electron chi connectivity index (χ4n) is 5.94. The van der Waals surface area contributed by atoms with Gasteiger partial charge in [0.15, 0.2) is 0 Å². The summed E-state index contributed by atoms with van der Waals surface area (Å²) in [6.45, 7) is 0. The molecule has 2 nitrogen and oxygen atoms in total. The molecule has 0 amide bonds. The van der Waals surface area contributed by atoms with Gasteiger partial charge in [-0.1, -0.05) is 66.7 Å². The minimum absolute atomic E-state index is 1.26. The van der Waals surface area contributed by atoms with E-state index in [1.807, 2.05) is 0 Å². The molecule has 0 N–H and O–H groups in total. The minimum Gasteiger partial charge on any atom is -0.344 e. The van der Waals surface area contributed by atoms with E-state index in [4.69, 9.17) is 0 Å². The molecule has 0 radical (unpaired) electrons. The number of aromatic nitrogens is 2. The number of fused-ring (bicyclic) bond motifs is 9. The molecule has 33 heavy (non-hydrogen) atoms. The quantitative estimate of drug-likeness (QED) is 0.253. The van der Waals surface area contributed by atoms with Crippen LogP contribution in [0.5, 0.6) is 0 Å². The third-order valence-electron chi connectivity index (χ3n) is 7.44. The first kappa shape index (κ1) is 17.3. The van der Waals surface area contributed by atoms with Crippen molar-refractivity contribution in [3.05, 3.63) is 103 Å². The normalized spacial score (nSPS) is 12.4. The standard InChI is InChI=1S/C31H20N2/c1-32-27-13-7-5-11-21(27)23-18-30-24(17-29(23)32)26-16-20(19-9-3-2-4-10-19)15-25-22-12-6-8-14-28(22)33(30)31(25)26/h2-18H,1H3. The van der Waals surface area contributed by atoms with Gasteiger partial charge in [-0.2, -0.15) is 0 Å². The lowest BCUT2D eigenvalue weighted by atomic mass is 9.99. The van der Waals surface area contributed by atoms with Crippen LogP contribution in [0.25, 0.3) is 71.0 Å². The predicted octanol–water partition coefficient (Wildman–Crippen LogP) is 8.15.